The quantitative estimate of drug-likeness (QED) is 0.853. The summed E-state index contributed by atoms with van der Waals surface area (Å²) < 4.78 is 0. The largest absolute Gasteiger partial charge is 0.393 e. The topological polar surface area (TPSA) is 46.3 Å². The summed E-state index contributed by atoms with van der Waals surface area (Å²) >= 11 is 4.95. The van der Waals surface area contributed by atoms with Crippen molar-refractivity contribution in [2.75, 3.05) is 13.6 Å². The summed E-state index contributed by atoms with van der Waals surface area (Å²) in [6, 6.07) is 8.29. The fraction of sp³-hybridized carbons (Fsp3) is 0.467. The van der Waals surface area contributed by atoms with Crippen LogP contribution in [0.2, 0.25) is 0 Å². The van der Waals surface area contributed by atoms with Crippen molar-refractivity contribution in [3.63, 3.8) is 0 Å². The van der Waals surface area contributed by atoms with Crippen LogP contribution in [0.15, 0.2) is 24.3 Å². The van der Waals surface area contributed by atoms with Gasteiger partial charge in [0.05, 0.1) is 4.99 Å². The van der Waals surface area contributed by atoms with E-state index in [9.17, 15) is 4.79 Å². The Balaban J connectivity index is 1.97. The number of nitrogens with two attached hydrogens (primary N) is 1. The van der Waals surface area contributed by atoms with E-state index in [1.54, 1.807) is 4.90 Å². The zero-order chi connectivity index (χ0) is 14.0. The molecule has 2 rings (SSSR count). The van der Waals surface area contributed by atoms with Gasteiger partial charge in [-0.3, -0.25) is 4.79 Å². The first-order valence-corrected chi connectivity index (χ1v) is 7.01. The number of nitrogens with zero attached hydrogens (tertiary/aromatic N) is 1. The lowest BCUT2D eigenvalue weighted by atomic mass is 10.0. The van der Waals surface area contributed by atoms with Gasteiger partial charge in [-0.15, -0.1) is 0 Å². The average Bonchev–Trinajstić information content (AvgIpc) is 2.81. The van der Waals surface area contributed by atoms with Gasteiger partial charge in [0, 0.05) is 25.4 Å². The normalized spacial score (nSPS) is 15.9. The minimum absolute atomic E-state index is 0.0627. The summed E-state index contributed by atoms with van der Waals surface area (Å²) in [4.78, 5) is 14.6. The molecule has 0 aliphatic heterocycles. The molecule has 0 spiro atoms. The molecule has 3 nitrogen and oxygen atoms in total. The van der Waals surface area contributed by atoms with Gasteiger partial charge in [0.15, 0.2) is 0 Å². The maximum absolute atomic E-state index is 12.4. The number of fused-ring (bicyclic) bond motifs is 1. The van der Waals surface area contributed by atoms with Crippen molar-refractivity contribution in [1.29, 1.82) is 0 Å². The van der Waals surface area contributed by atoms with Crippen molar-refractivity contribution < 1.29 is 4.79 Å². The second-order valence-corrected chi connectivity index (χ2v) is 5.87. The first-order valence-electron chi connectivity index (χ1n) is 6.60. The molecular formula is C15H20N2OS. The third kappa shape index (κ3) is 3.13. The molecule has 1 unspecified atom stereocenters. The summed E-state index contributed by atoms with van der Waals surface area (Å²) in [5.41, 5.74) is 8.21. The predicted octanol–water partition coefficient (Wildman–Crippen LogP) is 1.78. The summed E-state index contributed by atoms with van der Waals surface area (Å²) in [7, 11) is 1.83. The number of amides is 1. The van der Waals surface area contributed by atoms with Crippen LogP contribution in [-0.4, -0.2) is 29.4 Å². The summed E-state index contributed by atoms with van der Waals surface area (Å²) in [5, 5.41) is 0. The van der Waals surface area contributed by atoms with Gasteiger partial charge < -0.3 is 10.6 Å². The second-order valence-electron chi connectivity index (χ2n) is 5.40. The van der Waals surface area contributed by atoms with Crippen molar-refractivity contribution in [3.8, 4) is 0 Å². The van der Waals surface area contributed by atoms with Crippen molar-refractivity contribution in [2.24, 2.45) is 17.6 Å². The van der Waals surface area contributed by atoms with Crippen LogP contribution < -0.4 is 5.73 Å². The third-order valence-electron chi connectivity index (χ3n) is 3.81. The smallest absolute Gasteiger partial charge is 0.226 e. The van der Waals surface area contributed by atoms with E-state index < -0.39 is 0 Å². The Labute approximate surface area is 119 Å². The van der Waals surface area contributed by atoms with E-state index in [4.69, 9.17) is 18.0 Å². The molecule has 0 radical (unpaired) electrons. The van der Waals surface area contributed by atoms with Crippen LogP contribution >= 0.6 is 12.2 Å². The molecule has 102 valence electrons. The van der Waals surface area contributed by atoms with E-state index in [2.05, 4.69) is 12.1 Å². The minimum atomic E-state index is 0.0627. The van der Waals surface area contributed by atoms with E-state index in [1.165, 1.54) is 11.1 Å². The SMILES string of the molecule is CC(CN(C)C(=O)C1Cc2ccccc2C1)C(N)=S. The van der Waals surface area contributed by atoms with E-state index >= 15 is 0 Å². The molecule has 1 aromatic rings. The van der Waals surface area contributed by atoms with E-state index in [1.807, 2.05) is 26.1 Å². The highest BCUT2D eigenvalue weighted by Crippen LogP contribution is 2.27. The van der Waals surface area contributed by atoms with Gasteiger partial charge in [-0.2, -0.15) is 0 Å². The minimum Gasteiger partial charge on any atom is -0.393 e. The Morgan fingerprint density at radius 2 is 1.95 bits per heavy atom. The highest BCUT2D eigenvalue weighted by Gasteiger charge is 2.29. The van der Waals surface area contributed by atoms with Crippen molar-refractivity contribution in [2.45, 2.75) is 19.8 Å². The summed E-state index contributed by atoms with van der Waals surface area (Å²) in [6.07, 6.45) is 1.70. The van der Waals surface area contributed by atoms with Crippen LogP contribution in [-0.2, 0) is 17.6 Å². The standard InChI is InChI=1S/C15H20N2OS/c1-10(14(16)19)9-17(2)15(18)13-7-11-5-3-4-6-12(11)8-13/h3-6,10,13H,7-9H2,1-2H3,(H2,16,19). The van der Waals surface area contributed by atoms with Gasteiger partial charge in [0.1, 0.15) is 0 Å². The molecule has 1 aliphatic rings. The van der Waals surface area contributed by atoms with Crippen LogP contribution in [0.5, 0.6) is 0 Å². The molecule has 1 atom stereocenters. The van der Waals surface area contributed by atoms with Gasteiger partial charge in [0.2, 0.25) is 5.91 Å². The van der Waals surface area contributed by atoms with E-state index in [-0.39, 0.29) is 17.7 Å². The predicted molar refractivity (Wildman–Crippen MR) is 80.9 cm³/mol. The van der Waals surface area contributed by atoms with Gasteiger partial charge in [0.25, 0.3) is 0 Å². The fourth-order valence-corrected chi connectivity index (χ4v) is 2.71. The number of carbonyl (C=O) groups is 1. The molecule has 1 aliphatic carbocycles. The van der Waals surface area contributed by atoms with E-state index in [0.717, 1.165) is 12.8 Å². The molecule has 1 aromatic carbocycles. The lowest BCUT2D eigenvalue weighted by Gasteiger charge is -2.23. The molecule has 0 heterocycles. The molecule has 0 saturated carbocycles. The molecule has 2 N–H and O–H groups in total. The lowest BCUT2D eigenvalue weighted by Crippen LogP contribution is -2.39. The van der Waals surface area contributed by atoms with Gasteiger partial charge in [-0.05, 0) is 24.0 Å². The van der Waals surface area contributed by atoms with Crippen molar-refractivity contribution in [3.05, 3.63) is 35.4 Å². The maximum atomic E-state index is 12.4. The Morgan fingerprint density at radius 1 is 1.42 bits per heavy atom. The highest BCUT2D eigenvalue weighted by atomic mass is 32.1. The number of rotatable bonds is 4. The summed E-state index contributed by atoms with van der Waals surface area (Å²) in [6.45, 7) is 2.55. The molecule has 0 saturated heterocycles. The van der Waals surface area contributed by atoms with Gasteiger partial charge in [-0.1, -0.05) is 43.4 Å². The first kappa shape index (κ1) is 14.0. The van der Waals surface area contributed by atoms with Crippen molar-refractivity contribution in [1.82, 2.24) is 4.90 Å². The van der Waals surface area contributed by atoms with Crippen LogP contribution in [0.1, 0.15) is 18.1 Å². The van der Waals surface area contributed by atoms with Crippen LogP contribution in [0.3, 0.4) is 0 Å². The maximum Gasteiger partial charge on any atom is 0.226 e. The number of carbonyl (C=O) groups excluding carboxylic acids is 1. The number of thiocarbonyl (C=S) groups is 1. The summed E-state index contributed by atoms with van der Waals surface area (Å²) in [5.74, 6) is 0.327. The van der Waals surface area contributed by atoms with Crippen LogP contribution in [0.25, 0.3) is 0 Å². The van der Waals surface area contributed by atoms with Crippen LogP contribution in [0.4, 0.5) is 0 Å². The zero-order valence-corrected chi connectivity index (χ0v) is 12.2. The molecular weight excluding hydrogens is 256 g/mol. The lowest BCUT2D eigenvalue weighted by molar-refractivity contribution is -0.134. The van der Waals surface area contributed by atoms with Gasteiger partial charge >= 0.3 is 0 Å². The molecule has 0 bridgehead atoms. The third-order valence-corrected chi connectivity index (χ3v) is 4.21. The number of hydrogen-bond donors (Lipinski definition) is 1. The Hall–Kier alpha value is -1.42. The molecule has 0 aromatic heterocycles. The zero-order valence-electron chi connectivity index (χ0n) is 11.4. The fourth-order valence-electron chi connectivity index (χ4n) is 2.64. The Kier molecular flexibility index (Phi) is 4.20. The Morgan fingerprint density at radius 3 is 2.42 bits per heavy atom. The van der Waals surface area contributed by atoms with Crippen molar-refractivity contribution >= 4 is 23.1 Å². The second kappa shape index (κ2) is 5.70. The molecule has 0 fully saturated rings. The molecule has 19 heavy (non-hydrogen) atoms. The highest BCUT2D eigenvalue weighted by molar-refractivity contribution is 7.80. The average molecular weight is 276 g/mol. The van der Waals surface area contributed by atoms with Gasteiger partial charge in [-0.25, -0.2) is 0 Å². The number of hydrogen-bond acceptors (Lipinski definition) is 2. The molecule has 4 heteroatoms. The number of benzene rings is 1. The molecule has 1 amide bonds. The first-order chi connectivity index (χ1) is 8.99. The van der Waals surface area contributed by atoms with E-state index in [0.29, 0.717) is 11.5 Å². The monoisotopic (exact) mass is 276 g/mol. The van der Waals surface area contributed by atoms with Crippen LogP contribution in [0, 0.1) is 11.8 Å². The Bertz CT molecular complexity index is 476.